The van der Waals surface area contributed by atoms with Crippen LogP contribution in [0.1, 0.15) is 10.4 Å². The van der Waals surface area contributed by atoms with Gasteiger partial charge in [-0.3, -0.25) is 0 Å². The van der Waals surface area contributed by atoms with Gasteiger partial charge in [-0.15, -0.1) is 0 Å². The molecule has 0 heterocycles. The molecule has 0 bridgehead atoms. The van der Waals surface area contributed by atoms with Gasteiger partial charge in [0.25, 0.3) is 0 Å². The first kappa shape index (κ1) is 14.2. The van der Waals surface area contributed by atoms with Crippen molar-refractivity contribution in [2.24, 2.45) is 0 Å². The van der Waals surface area contributed by atoms with E-state index in [9.17, 15) is 4.79 Å². The van der Waals surface area contributed by atoms with Gasteiger partial charge in [-0.2, -0.15) is 0 Å². The van der Waals surface area contributed by atoms with E-state index in [1.165, 1.54) is 12.1 Å². The molecule has 0 aliphatic heterocycles. The van der Waals surface area contributed by atoms with Crippen LogP contribution in [-0.2, 0) is 0 Å². The van der Waals surface area contributed by atoms with Crippen molar-refractivity contribution in [3.63, 3.8) is 0 Å². The first-order valence-corrected chi connectivity index (χ1v) is 6.68. The number of hydrogen-bond acceptors (Lipinski definition) is 2. The number of ether oxygens (including phenoxy) is 1. The molecule has 0 aliphatic carbocycles. The van der Waals surface area contributed by atoms with Gasteiger partial charge in [-0.25, -0.2) is 4.79 Å². The van der Waals surface area contributed by atoms with E-state index in [1.807, 2.05) is 0 Å². The fraction of sp³-hybridized carbons (Fsp3) is 0. The maximum atomic E-state index is 11.1. The third kappa shape index (κ3) is 3.41. The van der Waals surface area contributed by atoms with Crippen LogP contribution in [0.2, 0.25) is 10.0 Å². The second-order valence-corrected chi connectivity index (χ2v) is 5.38. The molecule has 0 fully saturated rings. The number of rotatable bonds is 3. The van der Waals surface area contributed by atoms with Gasteiger partial charge in [0.1, 0.15) is 17.1 Å². The minimum absolute atomic E-state index is 0.0502. The largest absolute Gasteiger partial charge is 0.478 e. The normalized spacial score (nSPS) is 10.3. The predicted octanol–water partition coefficient (Wildman–Crippen LogP) is 5.25. The van der Waals surface area contributed by atoms with Crippen LogP contribution in [0, 0.1) is 0 Å². The average Bonchev–Trinajstić information content (AvgIpc) is 2.32. The highest BCUT2D eigenvalue weighted by Crippen LogP contribution is 2.34. The third-order valence-electron chi connectivity index (χ3n) is 2.29. The van der Waals surface area contributed by atoms with Crippen LogP contribution < -0.4 is 4.74 Å². The summed E-state index contributed by atoms with van der Waals surface area (Å²) in [6.07, 6.45) is 0. The predicted molar refractivity (Wildman–Crippen MR) is 77.6 cm³/mol. The number of aromatic carboxylic acids is 1. The highest BCUT2D eigenvalue weighted by Gasteiger charge is 2.14. The van der Waals surface area contributed by atoms with Gasteiger partial charge < -0.3 is 9.84 Å². The van der Waals surface area contributed by atoms with E-state index in [2.05, 4.69) is 15.9 Å². The van der Waals surface area contributed by atoms with Crippen molar-refractivity contribution < 1.29 is 14.6 Å². The van der Waals surface area contributed by atoms with E-state index < -0.39 is 5.97 Å². The highest BCUT2D eigenvalue weighted by atomic mass is 79.9. The number of halogens is 3. The molecule has 2 aromatic carbocycles. The second-order valence-electron chi connectivity index (χ2n) is 3.62. The minimum atomic E-state index is -1.08. The van der Waals surface area contributed by atoms with Gasteiger partial charge in [0, 0.05) is 9.50 Å². The number of hydrogen-bond donors (Lipinski definition) is 1. The zero-order valence-electron chi connectivity index (χ0n) is 9.36. The molecule has 0 saturated heterocycles. The second kappa shape index (κ2) is 5.82. The molecule has 0 unspecified atom stereocenters. The van der Waals surface area contributed by atoms with E-state index in [-0.39, 0.29) is 11.3 Å². The summed E-state index contributed by atoms with van der Waals surface area (Å²) >= 11 is 15.0. The van der Waals surface area contributed by atoms with E-state index >= 15 is 0 Å². The molecule has 0 saturated carbocycles. The fourth-order valence-corrected chi connectivity index (χ4v) is 2.22. The Morgan fingerprint density at radius 1 is 1.11 bits per heavy atom. The molecule has 0 atom stereocenters. The van der Waals surface area contributed by atoms with Crippen LogP contribution in [0.25, 0.3) is 0 Å². The first-order valence-electron chi connectivity index (χ1n) is 5.13. The summed E-state index contributed by atoms with van der Waals surface area (Å²) in [5.74, 6) is -0.537. The lowest BCUT2D eigenvalue weighted by Gasteiger charge is -2.10. The van der Waals surface area contributed by atoms with Crippen molar-refractivity contribution in [2.75, 3.05) is 0 Å². The number of carboxylic acids is 1. The van der Waals surface area contributed by atoms with Crippen molar-refractivity contribution in [3.8, 4) is 11.5 Å². The van der Waals surface area contributed by atoms with Crippen molar-refractivity contribution >= 4 is 45.1 Å². The summed E-state index contributed by atoms with van der Waals surface area (Å²) in [4.78, 5) is 11.1. The maximum Gasteiger partial charge on any atom is 0.339 e. The van der Waals surface area contributed by atoms with Crippen LogP contribution in [0.5, 0.6) is 11.5 Å². The molecule has 2 rings (SSSR count). The SMILES string of the molecule is O=C(O)c1ccc(Br)cc1Oc1ccc(Cl)cc1Cl. The Morgan fingerprint density at radius 2 is 1.84 bits per heavy atom. The maximum absolute atomic E-state index is 11.1. The van der Waals surface area contributed by atoms with Gasteiger partial charge in [0.2, 0.25) is 0 Å². The lowest BCUT2D eigenvalue weighted by atomic mass is 10.2. The summed E-state index contributed by atoms with van der Waals surface area (Å²) < 4.78 is 6.24. The minimum Gasteiger partial charge on any atom is -0.478 e. The molecule has 0 spiro atoms. The molecular formula is C13H7BrCl2O3. The monoisotopic (exact) mass is 360 g/mol. The Labute approximate surface area is 127 Å². The first-order chi connectivity index (χ1) is 8.97. The quantitative estimate of drug-likeness (QED) is 0.812. The molecular weight excluding hydrogens is 355 g/mol. The molecule has 1 N–H and O–H groups in total. The summed E-state index contributed by atoms with van der Waals surface area (Å²) in [7, 11) is 0. The summed E-state index contributed by atoms with van der Waals surface area (Å²) in [6.45, 7) is 0. The van der Waals surface area contributed by atoms with E-state index in [4.69, 9.17) is 33.0 Å². The van der Waals surface area contributed by atoms with Crippen LogP contribution in [0.4, 0.5) is 0 Å². The topological polar surface area (TPSA) is 46.5 Å². The van der Waals surface area contributed by atoms with Crippen molar-refractivity contribution in [3.05, 3.63) is 56.5 Å². The van der Waals surface area contributed by atoms with Crippen LogP contribution in [-0.4, -0.2) is 11.1 Å². The lowest BCUT2D eigenvalue weighted by molar-refractivity contribution is 0.0694. The molecule has 98 valence electrons. The zero-order chi connectivity index (χ0) is 14.0. The molecule has 6 heteroatoms. The van der Waals surface area contributed by atoms with Crippen molar-refractivity contribution in [2.45, 2.75) is 0 Å². The number of carboxylic acid groups (broad SMARTS) is 1. The van der Waals surface area contributed by atoms with Crippen molar-refractivity contribution in [1.29, 1.82) is 0 Å². The van der Waals surface area contributed by atoms with Crippen LogP contribution in [0.15, 0.2) is 40.9 Å². The standard InChI is InChI=1S/C13H7BrCl2O3/c14-7-1-3-9(13(17)18)12(5-7)19-11-4-2-8(15)6-10(11)16/h1-6H,(H,17,18). The van der Waals surface area contributed by atoms with Crippen LogP contribution >= 0.6 is 39.1 Å². The average molecular weight is 362 g/mol. The van der Waals surface area contributed by atoms with Gasteiger partial charge in [0.15, 0.2) is 0 Å². The van der Waals surface area contributed by atoms with Crippen molar-refractivity contribution in [1.82, 2.24) is 0 Å². The summed E-state index contributed by atoms with van der Waals surface area (Å²) in [5.41, 5.74) is 0.0502. The van der Waals surface area contributed by atoms with Gasteiger partial charge in [-0.1, -0.05) is 39.1 Å². The summed E-state index contributed by atoms with van der Waals surface area (Å²) in [6, 6.07) is 9.36. The Balaban J connectivity index is 2.42. The summed E-state index contributed by atoms with van der Waals surface area (Å²) in [5, 5.41) is 9.88. The molecule has 2 aromatic rings. The molecule has 0 aliphatic rings. The molecule has 3 nitrogen and oxygen atoms in total. The Kier molecular flexibility index (Phi) is 4.34. The zero-order valence-corrected chi connectivity index (χ0v) is 12.5. The number of benzene rings is 2. The lowest BCUT2D eigenvalue weighted by Crippen LogP contribution is -2.00. The molecule has 0 aromatic heterocycles. The smallest absolute Gasteiger partial charge is 0.339 e. The Hall–Kier alpha value is -1.23. The number of carbonyl (C=O) groups is 1. The highest BCUT2D eigenvalue weighted by molar-refractivity contribution is 9.10. The van der Waals surface area contributed by atoms with E-state index in [0.717, 1.165) is 0 Å². The molecule has 0 radical (unpaired) electrons. The van der Waals surface area contributed by atoms with E-state index in [0.29, 0.717) is 20.3 Å². The van der Waals surface area contributed by atoms with Gasteiger partial charge in [-0.05, 0) is 36.4 Å². The van der Waals surface area contributed by atoms with Crippen LogP contribution in [0.3, 0.4) is 0 Å². The third-order valence-corrected chi connectivity index (χ3v) is 3.31. The van der Waals surface area contributed by atoms with Gasteiger partial charge in [0.05, 0.1) is 5.02 Å². The molecule has 0 amide bonds. The van der Waals surface area contributed by atoms with E-state index in [1.54, 1.807) is 24.3 Å². The Morgan fingerprint density at radius 3 is 2.47 bits per heavy atom. The molecule has 19 heavy (non-hydrogen) atoms. The fourth-order valence-electron chi connectivity index (χ4n) is 1.43. The Bertz CT molecular complexity index is 644. The van der Waals surface area contributed by atoms with Gasteiger partial charge >= 0.3 is 5.97 Å².